The molecule has 3 rings (SSSR count). The summed E-state index contributed by atoms with van der Waals surface area (Å²) in [5, 5.41) is 0. The zero-order chi connectivity index (χ0) is 18.8. The lowest BCUT2D eigenvalue weighted by Crippen LogP contribution is -2.23. The van der Waals surface area contributed by atoms with Gasteiger partial charge in [-0.3, -0.25) is 19.2 Å². The summed E-state index contributed by atoms with van der Waals surface area (Å²) in [6.07, 6.45) is 0.341. The minimum Gasteiger partial charge on any atom is -0.427 e. The molecule has 26 heavy (non-hydrogen) atoms. The van der Waals surface area contributed by atoms with Crippen LogP contribution in [0.4, 0.5) is 0 Å². The third kappa shape index (κ3) is 3.01. The van der Waals surface area contributed by atoms with Gasteiger partial charge in [0.15, 0.2) is 11.6 Å². The molecule has 6 nitrogen and oxygen atoms in total. The molecule has 0 fully saturated rings. The van der Waals surface area contributed by atoms with E-state index in [1.807, 2.05) is 0 Å². The standard InChI is InChI=1S/C20H16O6/c1-3-16(21)25-11-8-9-12-14(10-11)19(23)13-6-5-7-15(18(13)20(12)24)26-17(22)4-2/h5-10H,3-4H2,1-2H3. The average Bonchev–Trinajstić information content (AvgIpc) is 2.65. The van der Waals surface area contributed by atoms with Crippen molar-refractivity contribution in [3.63, 3.8) is 0 Å². The van der Waals surface area contributed by atoms with Crippen molar-refractivity contribution in [2.75, 3.05) is 0 Å². The number of ether oxygens (including phenoxy) is 2. The first kappa shape index (κ1) is 17.5. The van der Waals surface area contributed by atoms with E-state index in [4.69, 9.17) is 9.47 Å². The fraction of sp³-hybridized carbons (Fsp3) is 0.200. The van der Waals surface area contributed by atoms with E-state index in [-0.39, 0.29) is 46.6 Å². The molecule has 0 spiro atoms. The Hall–Kier alpha value is -3.28. The lowest BCUT2D eigenvalue weighted by molar-refractivity contribution is -0.134. The van der Waals surface area contributed by atoms with Crippen LogP contribution in [0.2, 0.25) is 0 Å². The zero-order valence-corrected chi connectivity index (χ0v) is 14.3. The van der Waals surface area contributed by atoms with Gasteiger partial charge in [0.2, 0.25) is 0 Å². The predicted molar refractivity (Wildman–Crippen MR) is 91.6 cm³/mol. The summed E-state index contributed by atoms with van der Waals surface area (Å²) < 4.78 is 10.3. The lowest BCUT2D eigenvalue weighted by Gasteiger charge is -2.20. The Morgan fingerprint density at radius 1 is 0.808 bits per heavy atom. The first-order valence-corrected chi connectivity index (χ1v) is 8.24. The van der Waals surface area contributed by atoms with E-state index >= 15 is 0 Å². The maximum Gasteiger partial charge on any atom is 0.310 e. The van der Waals surface area contributed by atoms with Gasteiger partial charge in [-0.25, -0.2) is 0 Å². The molecule has 0 saturated carbocycles. The highest BCUT2D eigenvalue weighted by Gasteiger charge is 2.33. The topological polar surface area (TPSA) is 86.7 Å². The third-order valence-corrected chi connectivity index (χ3v) is 4.01. The number of hydrogen-bond donors (Lipinski definition) is 0. The van der Waals surface area contributed by atoms with Crippen LogP contribution in [0, 0.1) is 0 Å². The Morgan fingerprint density at radius 2 is 1.50 bits per heavy atom. The van der Waals surface area contributed by atoms with Gasteiger partial charge < -0.3 is 9.47 Å². The summed E-state index contributed by atoms with van der Waals surface area (Å²) in [4.78, 5) is 48.8. The third-order valence-electron chi connectivity index (χ3n) is 4.01. The van der Waals surface area contributed by atoms with Gasteiger partial charge in [0.05, 0.1) is 5.56 Å². The number of ketones is 2. The van der Waals surface area contributed by atoms with Crippen LogP contribution in [-0.4, -0.2) is 23.5 Å². The van der Waals surface area contributed by atoms with Gasteiger partial charge in [0.1, 0.15) is 11.5 Å². The summed E-state index contributed by atoms with van der Waals surface area (Å²) in [6, 6.07) is 8.83. The highest BCUT2D eigenvalue weighted by atomic mass is 16.5. The Bertz CT molecular complexity index is 937. The number of carbonyl (C=O) groups is 4. The van der Waals surface area contributed by atoms with Crippen LogP contribution in [0.15, 0.2) is 36.4 Å². The quantitative estimate of drug-likeness (QED) is 0.530. The second kappa shape index (κ2) is 6.92. The number of benzene rings is 2. The van der Waals surface area contributed by atoms with Crippen LogP contribution in [0.5, 0.6) is 11.5 Å². The zero-order valence-electron chi connectivity index (χ0n) is 14.3. The number of rotatable bonds is 4. The monoisotopic (exact) mass is 352 g/mol. The smallest absolute Gasteiger partial charge is 0.310 e. The molecule has 6 heteroatoms. The molecular weight excluding hydrogens is 336 g/mol. The Balaban J connectivity index is 2.07. The molecule has 0 amide bonds. The minimum absolute atomic E-state index is 0.0693. The Kier molecular flexibility index (Phi) is 4.67. The van der Waals surface area contributed by atoms with Gasteiger partial charge in [-0.05, 0) is 24.3 Å². The lowest BCUT2D eigenvalue weighted by atomic mass is 9.83. The van der Waals surface area contributed by atoms with E-state index in [2.05, 4.69) is 0 Å². The molecule has 2 aromatic rings. The van der Waals surface area contributed by atoms with Crippen LogP contribution >= 0.6 is 0 Å². The van der Waals surface area contributed by atoms with Crippen LogP contribution in [0.1, 0.15) is 58.5 Å². The number of fused-ring (bicyclic) bond motifs is 2. The Labute approximate surface area is 149 Å². The van der Waals surface area contributed by atoms with Gasteiger partial charge in [-0.15, -0.1) is 0 Å². The molecule has 1 aliphatic rings. The summed E-state index contributed by atoms with van der Waals surface area (Å²) in [5.74, 6) is -1.46. The fourth-order valence-corrected chi connectivity index (χ4v) is 2.69. The average molecular weight is 352 g/mol. The highest BCUT2D eigenvalue weighted by Crippen LogP contribution is 2.34. The molecule has 0 atom stereocenters. The fourth-order valence-electron chi connectivity index (χ4n) is 2.69. The SMILES string of the molecule is CCC(=O)Oc1ccc2c(c1)C(=O)c1cccc(OC(=O)CC)c1C2=O. The maximum atomic E-state index is 12.9. The summed E-state index contributed by atoms with van der Waals surface area (Å²) in [5.41, 5.74) is 0.564. The molecule has 0 unspecified atom stereocenters. The normalized spacial score (nSPS) is 12.2. The molecular formula is C20H16O6. The van der Waals surface area contributed by atoms with Crippen LogP contribution in [0.25, 0.3) is 0 Å². The van der Waals surface area contributed by atoms with E-state index in [1.54, 1.807) is 19.9 Å². The summed E-state index contributed by atoms with van der Waals surface area (Å²) in [6.45, 7) is 3.30. The van der Waals surface area contributed by atoms with Crippen molar-refractivity contribution in [3.8, 4) is 11.5 Å². The molecule has 2 aromatic carbocycles. The molecule has 0 N–H and O–H groups in total. The summed E-state index contributed by atoms with van der Waals surface area (Å²) >= 11 is 0. The van der Waals surface area contributed by atoms with Crippen molar-refractivity contribution in [2.24, 2.45) is 0 Å². The first-order chi connectivity index (χ1) is 12.5. The van der Waals surface area contributed by atoms with Crippen molar-refractivity contribution in [2.45, 2.75) is 26.7 Å². The van der Waals surface area contributed by atoms with Crippen molar-refractivity contribution < 1.29 is 28.7 Å². The van der Waals surface area contributed by atoms with E-state index in [0.29, 0.717) is 0 Å². The number of esters is 2. The van der Waals surface area contributed by atoms with Gasteiger partial charge in [-0.2, -0.15) is 0 Å². The molecule has 0 aliphatic heterocycles. The first-order valence-electron chi connectivity index (χ1n) is 8.24. The van der Waals surface area contributed by atoms with Crippen molar-refractivity contribution in [1.29, 1.82) is 0 Å². The molecule has 0 heterocycles. The van der Waals surface area contributed by atoms with Gasteiger partial charge in [0, 0.05) is 29.5 Å². The van der Waals surface area contributed by atoms with E-state index < -0.39 is 23.5 Å². The largest absolute Gasteiger partial charge is 0.427 e. The second-order valence-corrected chi connectivity index (χ2v) is 5.70. The predicted octanol–water partition coefficient (Wildman–Crippen LogP) is 3.09. The molecule has 0 saturated heterocycles. The maximum absolute atomic E-state index is 12.9. The van der Waals surface area contributed by atoms with Gasteiger partial charge >= 0.3 is 11.9 Å². The number of carbonyl (C=O) groups excluding carboxylic acids is 4. The van der Waals surface area contributed by atoms with E-state index in [9.17, 15) is 19.2 Å². The van der Waals surface area contributed by atoms with E-state index in [0.717, 1.165) is 0 Å². The highest BCUT2D eigenvalue weighted by molar-refractivity contribution is 6.29. The molecule has 0 radical (unpaired) electrons. The van der Waals surface area contributed by atoms with E-state index in [1.165, 1.54) is 30.3 Å². The van der Waals surface area contributed by atoms with Crippen molar-refractivity contribution in [1.82, 2.24) is 0 Å². The van der Waals surface area contributed by atoms with Crippen LogP contribution < -0.4 is 9.47 Å². The van der Waals surface area contributed by atoms with Crippen LogP contribution in [-0.2, 0) is 9.59 Å². The molecule has 0 bridgehead atoms. The number of hydrogen-bond acceptors (Lipinski definition) is 6. The van der Waals surface area contributed by atoms with Crippen LogP contribution in [0.3, 0.4) is 0 Å². The Morgan fingerprint density at radius 3 is 2.19 bits per heavy atom. The second-order valence-electron chi connectivity index (χ2n) is 5.70. The molecule has 0 aromatic heterocycles. The summed E-state index contributed by atoms with van der Waals surface area (Å²) in [7, 11) is 0. The van der Waals surface area contributed by atoms with Crippen molar-refractivity contribution >= 4 is 23.5 Å². The molecule has 1 aliphatic carbocycles. The van der Waals surface area contributed by atoms with Crippen molar-refractivity contribution in [3.05, 3.63) is 58.7 Å². The molecule has 132 valence electrons. The minimum atomic E-state index is -0.494. The van der Waals surface area contributed by atoms with Gasteiger partial charge in [-0.1, -0.05) is 26.0 Å². The van der Waals surface area contributed by atoms with Gasteiger partial charge in [0.25, 0.3) is 0 Å².